The summed E-state index contributed by atoms with van der Waals surface area (Å²) in [7, 11) is 1.83. The van der Waals surface area contributed by atoms with Gasteiger partial charge in [-0.2, -0.15) is 5.10 Å². The minimum atomic E-state index is -0.637. The van der Waals surface area contributed by atoms with E-state index in [4.69, 9.17) is 0 Å². The molecule has 0 radical (unpaired) electrons. The quantitative estimate of drug-likeness (QED) is 0.703. The summed E-state index contributed by atoms with van der Waals surface area (Å²) in [5, 5.41) is 15.5. The summed E-state index contributed by atoms with van der Waals surface area (Å²) in [4.78, 5) is 3.13. The fraction of sp³-hybridized carbons (Fsp3) is 0.154. The summed E-state index contributed by atoms with van der Waals surface area (Å²) >= 11 is 0. The number of aromatic nitrogens is 3. The Bertz CT molecular complexity index is 653. The Hall–Kier alpha value is -2.07. The molecule has 0 amide bonds. The van der Waals surface area contributed by atoms with Gasteiger partial charge in [0.1, 0.15) is 6.10 Å². The van der Waals surface area contributed by atoms with Crippen LogP contribution in [0.15, 0.2) is 42.7 Å². The van der Waals surface area contributed by atoms with Crippen molar-refractivity contribution < 1.29 is 5.11 Å². The van der Waals surface area contributed by atoms with E-state index < -0.39 is 6.10 Å². The van der Waals surface area contributed by atoms with Crippen molar-refractivity contribution >= 4 is 10.9 Å². The standard InChI is InChI=1S/C13H13N3O/c1-16-12(5-7-15-16)13(17)10-2-3-11-9(8-10)4-6-14-11/h2-8,13-14,17H,1H3. The van der Waals surface area contributed by atoms with Crippen LogP contribution in [0.25, 0.3) is 10.9 Å². The van der Waals surface area contributed by atoms with Crippen molar-refractivity contribution in [1.29, 1.82) is 0 Å². The lowest BCUT2D eigenvalue weighted by Gasteiger charge is -2.11. The fourth-order valence-corrected chi connectivity index (χ4v) is 2.06. The Morgan fingerprint density at radius 2 is 2.18 bits per heavy atom. The van der Waals surface area contributed by atoms with Gasteiger partial charge in [-0.15, -0.1) is 0 Å². The second kappa shape index (κ2) is 3.75. The molecule has 2 aromatic heterocycles. The third-order valence-corrected chi connectivity index (χ3v) is 3.03. The van der Waals surface area contributed by atoms with Crippen LogP contribution in [0, 0.1) is 0 Å². The number of aliphatic hydroxyl groups is 1. The van der Waals surface area contributed by atoms with Crippen LogP contribution in [0.3, 0.4) is 0 Å². The summed E-state index contributed by atoms with van der Waals surface area (Å²) in [6.45, 7) is 0. The lowest BCUT2D eigenvalue weighted by Crippen LogP contribution is -2.06. The first-order valence-corrected chi connectivity index (χ1v) is 5.49. The van der Waals surface area contributed by atoms with Gasteiger partial charge in [-0.05, 0) is 35.2 Å². The molecule has 1 unspecified atom stereocenters. The maximum atomic E-state index is 10.3. The molecule has 0 saturated heterocycles. The zero-order chi connectivity index (χ0) is 11.8. The normalized spacial score (nSPS) is 13.1. The van der Waals surface area contributed by atoms with Gasteiger partial charge >= 0.3 is 0 Å². The molecule has 4 heteroatoms. The van der Waals surface area contributed by atoms with Gasteiger partial charge in [0.15, 0.2) is 0 Å². The van der Waals surface area contributed by atoms with Crippen LogP contribution in [0.5, 0.6) is 0 Å². The van der Waals surface area contributed by atoms with Gasteiger partial charge in [0.25, 0.3) is 0 Å². The number of H-pyrrole nitrogens is 1. The Labute approximate surface area is 98.5 Å². The minimum Gasteiger partial charge on any atom is -0.382 e. The molecule has 0 bridgehead atoms. The van der Waals surface area contributed by atoms with E-state index in [9.17, 15) is 5.11 Å². The van der Waals surface area contributed by atoms with E-state index in [1.54, 1.807) is 10.9 Å². The maximum absolute atomic E-state index is 10.3. The number of aromatic amines is 1. The van der Waals surface area contributed by atoms with Crippen molar-refractivity contribution in [3.63, 3.8) is 0 Å². The molecule has 3 rings (SSSR count). The van der Waals surface area contributed by atoms with Gasteiger partial charge in [0, 0.05) is 25.0 Å². The average Bonchev–Trinajstić information content (AvgIpc) is 2.95. The lowest BCUT2D eigenvalue weighted by molar-refractivity contribution is 0.210. The zero-order valence-corrected chi connectivity index (χ0v) is 9.46. The molecule has 0 saturated carbocycles. The van der Waals surface area contributed by atoms with Crippen LogP contribution >= 0.6 is 0 Å². The van der Waals surface area contributed by atoms with Gasteiger partial charge in [0.2, 0.25) is 0 Å². The smallest absolute Gasteiger partial charge is 0.121 e. The highest BCUT2D eigenvalue weighted by atomic mass is 16.3. The van der Waals surface area contributed by atoms with Crippen LogP contribution in [0.2, 0.25) is 0 Å². The summed E-state index contributed by atoms with van der Waals surface area (Å²) in [5.74, 6) is 0. The highest BCUT2D eigenvalue weighted by molar-refractivity contribution is 5.80. The molecule has 0 spiro atoms. The van der Waals surface area contributed by atoms with Crippen molar-refractivity contribution in [2.24, 2.45) is 7.05 Å². The Kier molecular flexibility index (Phi) is 2.23. The van der Waals surface area contributed by atoms with Crippen LogP contribution in [-0.2, 0) is 7.05 Å². The van der Waals surface area contributed by atoms with E-state index in [2.05, 4.69) is 10.1 Å². The van der Waals surface area contributed by atoms with Gasteiger partial charge in [-0.1, -0.05) is 6.07 Å². The number of rotatable bonds is 2. The van der Waals surface area contributed by atoms with Crippen LogP contribution < -0.4 is 0 Å². The number of hydrogen-bond donors (Lipinski definition) is 2. The highest BCUT2D eigenvalue weighted by Crippen LogP contribution is 2.24. The minimum absolute atomic E-state index is 0.637. The summed E-state index contributed by atoms with van der Waals surface area (Å²) in [5.41, 5.74) is 2.74. The number of aliphatic hydroxyl groups excluding tert-OH is 1. The number of aryl methyl sites for hydroxylation is 1. The number of fused-ring (bicyclic) bond motifs is 1. The predicted molar refractivity (Wildman–Crippen MR) is 65.6 cm³/mol. The first kappa shape index (κ1) is 10.1. The van der Waals surface area contributed by atoms with Crippen LogP contribution in [0.1, 0.15) is 17.4 Å². The van der Waals surface area contributed by atoms with Crippen LogP contribution in [-0.4, -0.2) is 19.9 Å². The van der Waals surface area contributed by atoms with Gasteiger partial charge < -0.3 is 10.1 Å². The monoisotopic (exact) mass is 227 g/mol. The Morgan fingerprint density at radius 3 is 2.94 bits per heavy atom. The summed E-state index contributed by atoms with van der Waals surface area (Å²) in [6, 6.07) is 9.71. The summed E-state index contributed by atoms with van der Waals surface area (Å²) in [6.07, 6.45) is 2.94. The molecule has 17 heavy (non-hydrogen) atoms. The number of benzene rings is 1. The molecule has 1 aromatic carbocycles. The van der Waals surface area contributed by atoms with E-state index in [1.165, 1.54) is 0 Å². The molecular formula is C13H13N3O. The van der Waals surface area contributed by atoms with E-state index in [0.29, 0.717) is 0 Å². The zero-order valence-electron chi connectivity index (χ0n) is 9.46. The molecule has 3 aromatic rings. The highest BCUT2D eigenvalue weighted by Gasteiger charge is 2.14. The first-order chi connectivity index (χ1) is 8.25. The third-order valence-electron chi connectivity index (χ3n) is 3.03. The molecule has 0 aliphatic carbocycles. The van der Waals surface area contributed by atoms with Crippen molar-refractivity contribution in [3.05, 3.63) is 54.0 Å². The topological polar surface area (TPSA) is 53.8 Å². The largest absolute Gasteiger partial charge is 0.382 e. The first-order valence-electron chi connectivity index (χ1n) is 5.49. The van der Waals surface area contributed by atoms with Gasteiger partial charge in [-0.25, -0.2) is 0 Å². The summed E-state index contributed by atoms with van der Waals surface area (Å²) < 4.78 is 1.69. The molecule has 0 aliphatic heterocycles. The van der Waals surface area contributed by atoms with Crippen molar-refractivity contribution in [3.8, 4) is 0 Å². The number of hydrogen-bond acceptors (Lipinski definition) is 2. The Morgan fingerprint density at radius 1 is 1.29 bits per heavy atom. The van der Waals surface area contributed by atoms with Crippen molar-refractivity contribution in [2.75, 3.05) is 0 Å². The molecule has 0 aliphatic rings. The van der Waals surface area contributed by atoms with Crippen LogP contribution in [0.4, 0.5) is 0 Å². The van der Waals surface area contributed by atoms with E-state index in [0.717, 1.165) is 22.2 Å². The molecule has 2 heterocycles. The second-order valence-corrected chi connectivity index (χ2v) is 4.11. The predicted octanol–water partition coefficient (Wildman–Crippen LogP) is 1.98. The molecule has 4 nitrogen and oxygen atoms in total. The maximum Gasteiger partial charge on any atom is 0.121 e. The lowest BCUT2D eigenvalue weighted by atomic mass is 10.0. The van der Waals surface area contributed by atoms with Gasteiger partial charge in [0.05, 0.1) is 5.69 Å². The van der Waals surface area contributed by atoms with E-state index in [1.807, 2.05) is 43.6 Å². The van der Waals surface area contributed by atoms with Crippen molar-refractivity contribution in [2.45, 2.75) is 6.10 Å². The fourth-order valence-electron chi connectivity index (χ4n) is 2.06. The van der Waals surface area contributed by atoms with E-state index >= 15 is 0 Å². The third kappa shape index (κ3) is 1.62. The molecule has 1 atom stereocenters. The molecule has 2 N–H and O–H groups in total. The van der Waals surface area contributed by atoms with Crippen molar-refractivity contribution in [1.82, 2.24) is 14.8 Å². The molecule has 86 valence electrons. The molecular weight excluding hydrogens is 214 g/mol. The second-order valence-electron chi connectivity index (χ2n) is 4.11. The molecule has 0 fully saturated rings. The number of nitrogens with one attached hydrogen (secondary N) is 1. The van der Waals surface area contributed by atoms with E-state index in [-0.39, 0.29) is 0 Å². The average molecular weight is 227 g/mol. The van der Waals surface area contributed by atoms with Gasteiger partial charge in [-0.3, -0.25) is 4.68 Å². The number of nitrogens with zero attached hydrogens (tertiary/aromatic N) is 2. The Balaban J connectivity index is 2.06. The SMILES string of the molecule is Cn1nccc1C(O)c1ccc2[nH]ccc2c1.